The van der Waals surface area contributed by atoms with Gasteiger partial charge in [0.2, 0.25) is 0 Å². The van der Waals surface area contributed by atoms with Crippen LogP contribution in [0.15, 0.2) is 12.1 Å². The molecule has 3 nitrogen and oxygen atoms in total. The molecular formula is C14H15NO2. The van der Waals surface area contributed by atoms with Gasteiger partial charge in [0.1, 0.15) is 17.6 Å². The molecule has 0 amide bonds. The summed E-state index contributed by atoms with van der Waals surface area (Å²) in [5.41, 5.74) is 2.14. The molecule has 0 atom stereocenters. The zero-order valence-electron chi connectivity index (χ0n) is 10.3. The molecule has 1 aliphatic rings. The van der Waals surface area contributed by atoms with E-state index in [2.05, 4.69) is 6.07 Å². The van der Waals surface area contributed by atoms with Gasteiger partial charge >= 0.3 is 0 Å². The molecule has 0 heterocycles. The minimum atomic E-state index is -0.477. The highest BCUT2D eigenvalue weighted by Gasteiger charge is 2.35. The maximum Gasteiger partial charge on any atom is 0.143 e. The number of carbonyl (C=O) groups excluding carboxylic acids is 1. The van der Waals surface area contributed by atoms with E-state index < -0.39 is 5.41 Å². The van der Waals surface area contributed by atoms with Gasteiger partial charge in [-0.3, -0.25) is 4.79 Å². The number of aryl methyl sites for hydroxylation is 1. The number of fused-ring (bicyclic) bond motifs is 1. The molecule has 0 bridgehead atoms. The number of methoxy groups -OCH3 is 1. The lowest BCUT2D eigenvalue weighted by Crippen LogP contribution is -2.34. The summed E-state index contributed by atoms with van der Waals surface area (Å²) >= 11 is 0. The minimum Gasteiger partial charge on any atom is -0.495 e. The summed E-state index contributed by atoms with van der Waals surface area (Å²) in [4.78, 5) is 11.9. The number of hydrogen-bond donors (Lipinski definition) is 0. The van der Waals surface area contributed by atoms with E-state index in [-0.39, 0.29) is 5.78 Å². The number of nitrogens with zero attached hydrogens (tertiary/aromatic N) is 1. The average Bonchev–Trinajstić information content (AvgIpc) is 2.33. The van der Waals surface area contributed by atoms with Crippen molar-refractivity contribution in [2.75, 3.05) is 7.11 Å². The Labute approximate surface area is 101 Å². The molecule has 0 N–H and O–H groups in total. The number of ether oxygens (including phenoxy) is 1. The molecule has 0 aromatic heterocycles. The molecular weight excluding hydrogens is 214 g/mol. The fourth-order valence-corrected chi connectivity index (χ4v) is 2.38. The third-order valence-corrected chi connectivity index (χ3v) is 3.54. The fraction of sp³-hybridized carbons (Fsp3) is 0.429. The number of benzene rings is 1. The lowest BCUT2D eigenvalue weighted by Gasteiger charge is -2.31. The Morgan fingerprint density at radius 3 is 2.65 bits per heavy atom. The molecule has 3 heteroatoms. The molecule has 0 spiro atoms. The van der Waals surface area contributed by atoms with Gasteiger partial charge < -0.3 is 4.74 Å². The van der Waals surface area contributed by atoms with Crippen molar-refractivity contribution in [1.29, 1.82) is 5.26 Å². The second-order valence-corrected chi connectivity index (χ2v) is 4.87. The third kappa shape index (κ3) is 1.70. The van der Waals surface area contributed by atoms with Gasteiger partial charge in [0.15, 0.2) is 0 Å². The van der Waals surface area contributed by atoms with Crippen LogP contribution in [0.2, 0.25) is 0 Å². The summed E-state index contributed by atoms with van der Waals surface area (Å²) in [6.07, 6.45) is 1.27. The first-order valence-corrected chi connectivity index (χ1v) is 5.65. The highest BCUT2D eigenvalue weighted by atomic mass is 16.5. The highest BCUT2D eigenvalue weighted by Crippen LogP contribution is 2.37. The van der Waals surface area contributed by atoms with Crippen LogP contribution in [-0.4, -0.2) is 12.9 Å². The Balaban J connectivity index is 2.66. The highest BCUT2D eigenvalue weighted by molar-refractivity contribution is 5.91. The average molecular weight is 229 g/mol. The zero-order valence-corrected chi connectivity index (χ0v) is 10.3. The van der Waals surface area contributed by atoms with Crippen LogP contribution in [0.1, 0.15) is 37.0 Å². The molecule has 0 saturated heterocycles. The summed E-state index contributed by atoms with van der Waals surface area (Å²) in [6.45, 7) is 3.86. The molecule has 88 valence electrons. The van der Waals surface area contributed by atoms with Crippen LogP contribution >= 0.6 is 0 Å². The molecule has 0 radical (unpaired) electrons. The summed E-state index contributed by atoms with van der Waals surface area (Å²) < 4.78 is 5.20. The van der Waals surface area contributed by atoms with Gasteiger partial charge in [-0.05, 0) is 43.5 Å². The zero-order chi connectivity index (χ0) is 12.6. The molecule has 0 aliphatic heterocycles. The van der Waals surface area contributed by atoms with Gasteiger partial charge in [0.25, 0.3) is 0 Å². The number of carbonyl (C=O) groups is 1. The fourth-order valence-electron chi connectivity index (χ4n) is 2.38. The normalized spacial score (nSPS) is 17.2. The molecule has 1 aromatic carbocycles. The predicted octanol–water partition coefficient (Wildman–Crippen LogP) is 2.36. The largest absolute Gasteiger partial charge is 0.495 e. The van der Waals surface area contributed by atoms with Crippen molar-refractivity contribution in [3.63, 3.8) is 0 Å². The number of hydrogen-bond acceptors (Lipinski definition) is 3. The smallest absolute Gasteiger partial charge is 0.143 e. The SMILES string of the molecule is COc1cc2c(cc1C#N)CCC(=O)C2(C)C. The molecule has 17 heavy (non-hydrogen) atoms. The number of nitriles is 1. The maximum atomic E-state index is 11.9. The van der Waals surface area contributed by atoms with Gasteiger partial charge in [-0.15, -0.1) is 0 Å². The first-order valence-electron chi connectivity index (χ1n) is 5.65. The lowest BCUT2D eigenvalue weighted by molar-refractivity contribution is -0.124. The van der Waals surface area contributed by atoms with Crippen LogP contribution in [0.4, 0.5) is 0 Å². The van der Waals surface area contributed by atoms with Crippen LogP contribution < -0.4 is 4.74 Å². The van der Waals surface area contributed by atoms with E-state index in [0.717, 1.165) is 17.5 Å². The lowest BCUT2D eigenvalue weighted by atomic mass is 9.71. The van der Waals surface area contributed by atoms with Gasteiger partial charge in [0.05, 0.1) is 12.7 Å². The van der Waals surface area contributed by atoms with Crippen molar-refractivity contribution in [3.05, 3.63) is 28.8 Å². The predicted molar refractivity (Wildman–Crippen MR) is 64.1 cm³/mol. The van der Waals surface area contributed by atoms with Crippen molar-refractivity contribution in [3.8, 4) is 11.8 Å². The van der Waals surface area contributed by atoms with Crippen molar-refractivity contribution < 1.29 is 9.53 Å². The first kappa shape index (κ1) is 11.7. The Morgan fingerprint density at radius 2 is 2.06 bits per heavy atom. The number of rotatable bonds is 1. The standard InChI is InChI=1S/C14H15NO2/c1-14(2)11-7-12(17-3)10(8-15)6-9(11)4-5-13(14)16/h6-7H,4-5H2,1-3H3. The van der Waals surface area contributed by atoms with Crippen LogP contribution in [0.3, 0.4) is 0 Å². The van der Waals surface area contributed by atoms with E-state index >= 15 is 0 Å². The van der Waals surface area contributed by atoms with E-state index in [4.69, 9.17) is 10.00 Å². The van der Waals surface area contributed by atoms with Crippen molar-refractivity contribution in [1.82, 2.24) is 0 Å². The minimum absolute atomic E-state index is 0.247. The summed E-state index contributed by atoms with van der Waals surface area (Å²) in [5, 5.41) is 9.04. The summed E-state index contributed by atoms with van der Waals surface area (Å²) in [5.74, 6) is 0.797. The van der Waals surface area contributed by atoms with Crippen LogP contribution in [0.5, 0.6) is 5.75 Å². The van der Waals surface area contributed by atoms with Crippen molar-refractivity contribution in [2.45, 2.75) is 32.1 Å². The molecule has 2 rings (SSSR count). The first-order chi connectivity index (χ1) is 8.00. The maximum absolute atomic E-state index is 11.9. The molecule has 1 aliphatic carbocycles. The van der Waals surface area contributed by atoms with Crippen LogP contribution in [0, 0.1) is 11.3 Å². The monoisotopic (exact) mass is 229 g/mol. The number of Topliss-reactive ketones (excluding diaryl/α,β-unsaturated/α-hetero) is 1. The van der Waals surface area contributed by atoms with Gasteiger partial charge in [-0.1, -0.05) is 0 Å². The second-order valence-electron chi connectivity index (χ2n) is 4.87. The quantitative estimate of drug-likeness (QED) is 0.742. The van der Waals surface area contributed by atoms with E-state index in [0.29, 0.717) is 17.7 Å². The van der Waals surface area contributed by atoms with E-state index in [9.17, 15) is 4.79 Å². The van der Waals surface area contributed by atoms with Crippen molar-refractivity contribution >= 4 is 5.78 Å². The van der Waals surface area contributed by atoms with E-state index in [1.54, 1.807) is 7.11 Å². The summed E-state index contributed by atoms with van der Waals surface area (Å²) in [7, 11) is 1.54. The number of ketones is 1. The third-order valence-electron chi connectivity index (χ3n) is 3.54. The molecule has 1 aromatic rings. The van der Waals surface area contributed by atoms with Gasteiger partial charge in [-0.25, -0.2) is 0 Å². The van der Waals surface area contributed by atoms with E-state index in [1.165, 1.54) is 0 Å². The molecule has 0 saturated carbocycles. The second kappa shape index (κ2) is 3.89. The van der Waals surface area contributed by atoms with Crippen LogP contribution in [0.25, 0.3) is 0 Å². The molecule has 0 unspecified atom stereocenters. The Morgan fingerprint density at radius 1 is 1.35 bits per heavy atom. The van der Waals surface area contributed by atoms with Gasteiger partial charge in [0, 0.05) is 11.8 Å². The summed E-state index contributed by atoms with van der Waals surface area (Å²) in [6, 6.07) is 5.81. The van der Waals surface area contributed by atoms with Crippen molar-refractivity contribution in [2.24, 2.45) is 0 Å². The Hall–Kier alpha value is -1.82. The van der Waals surface area contributed by atoms with E-state index in [1.807, 2.05) is 26.0 Å². The Bertz CT molecular complexity index is 524. The van der Waals surface area contributed by atoms with Crippen LogP contribution in [-0.2, 0) is 16.6 Å². The molecule has 0 fully saturated rings. The van der Waals surface area contributed by atoms with Gasteiger partial charge in [-0.2, -0.15) is 5.26 Å². The topological polar surface area (TPSA) is 50.1 Å². The Kier molecular flexibility index (Phi) is 2.66.